The fraction of sp³-hybridized carbons (Fsp3) is 0.905. The van der Waals surface area contributed by atoms with Crippen molar-refractivity contribution in [1.29, 1.82) is 0 Å². The summed E-state index contributed by atoms with van der Waals surface area (Å²) < 4.78 is 0. The van der Waals surface area contributed by atoms with Gasteiger partial charge in [-0.15, -0.1) is 0 Å². The first kappa shape index (κ1) is 14.1. The van der Waals surface area contributed by atoms with Crippen LogP contribution in [0.15, 0.2) is 11.6 Å². The first-order valence-corrected chi connectivity index (χ1v) is 9.88. The molecule has 1 heteroatoms. The third kappa shape index (κ3) is 1.55. The number of aliphatic hydroxyl groups is 1. The van der Waals surface area contributed by atoms with E-state index < -0.39 is 0 Å². The molecule has 22 heavy (non-hydrogen) atoms. The van der Waals surface area contributed by atoms with Crippen LogP contribution < -0.4 is 0 Å². The van der Waals surface area contributed by atoms with Crippen LogP contribution >= 0.6 is 0 Å². The summed E-state index contributed by atoms with van der Waals surface area (Å²) in [4.78, 5) is 0. The summed E-state index contributed by atoms with van der Waals surface area (Å²) in [5.74, 6) is 2.94. The normalized spacial score (nSPS) is 59.5. The van der Waals surface area contributed by atoms with Crippen LogP contribution in [0.25, 0.3) is 0 Å². The highest BCUT2D eigenvalue weighted by molar-refractivity contribution is 5.27. The van der Waals surface area contributed by atoms with Crippen LogP contribution in [-0.2, 0) is 0 Å². The number of rotatable bonds is 0. The van der Waals surface area contributed by atoms with Crippen molar-refractivity contribution >= 4 is 0 Å². The predicted molar refractivity (Wildman–Crippen MR) is 89.4 cm³/mol. The highest BCUT2D eigenvalue weighted by Crippen LogP contribution is 2.82. The van der Waals surface area contributed by atoms with E-state index >= 15 is 0 Å². The van der Waals surface area contributed by atoms with Crippen LogP contribution in [0.1, 0.15) is 78.1 Å². The standard InChI is InChI=1S/C21H32O/c1-19-9-7-18-16-5-3-4-14-12-15(22)6-10-20(14,2)17(16)8-11-21(18,19)13-19/h12,15-18,22H,3-11,13H2,1-2H3/t15-,16?,17?,18?,19-,20-,21+/m0/s1. The Morgan fingerprint density at radius 3 is 2.64 bits per heavy atom. The number of allylic oxidation sites excluding steroid dienone is 1. The van der Waals surface area contributed by atoms with Gasteiger partial charge in [-0.1, -0.05) is 25.5 Å². The Morgan fingerprint density at radius 1 is 1.00 bits per heavy atom. The second kappa shape index (κ2) is 4.21. The molecule has 0 amide bonds. The van der Waals surface area contributed by atoms with Gasteiger partial charge in [-0.3, -0.25) is 0 Å². The Morgan fingerprint density at radius 2 is 1.82 bits per heavy atom. The van der Waals surface area contributed by atoms with Crippen molar-refractivity contribution in [3.8, 4) is 0 Å². The Hall–Kier alpha value is -0.300. The summed E-state index contributed by atoms with van der Waals surface area (Å²) in [5.41, 5.74) is 3.55. The van der Waals surface area contributed by atoms with Gasteiger partial charge in [-0.25, -0.2) is 0 Å². The largest absolute Gasteiger partial charge is 0.389 e. The second-order valence-corrected chi connectivity index (χ2v) is 9.96. The van der Waals surface area contributed by atoms with Gasteiger partial charge in [0.15, 0.2) is 0 Å². The monoisotopic (exact) mass is 300 g/mol. The van der Waals surface area contributed by atoms with Crippen LogP contribution in [0, 0.1) is 34.0 Å². The lowest BCUT2D eigenvalue weighted by Gasteiger charge is -2.51. The van der Waals surface area contributed by atoms with E-state index in [1.807, 2.05) is 0 Å². The Bertz CT molecular complexity index is 536. The van der Waals surface area contributed by atoms with Crippen molar-refractivity contribution in [2.24, 2.45) is 34.0 Å². The van der Waals surface area contributed by atoms with Gasteiger partial charge < -0.3 is 5.11 Å². The molecule has 4 saturated carbocycles. The van der Waals surface area contributed by atoms with Gasteiger partial charge in [-0.2, -0.15) is 0 Å². The zero-order valence-electron chi connectivity index (χ0n) is 14.4. The average Bonchev–Trinajstić information content (AvgIpc) is 3.01. The number of hydrogen-bond acceptors (Lipinski definition) is 1. The maximum atomic E-state index is 10.1. The van der Waals surface area contributed by atoms with E-state index in [1.165, 1.54) is 51.4 Å². The molecule has 3 unspecified atom stereocenters. The summed E-state index contributed by atoms with van der Waals surface area (Å²) in [5, 5.41) is 10.1. The van der Waals surface area contributed by atoms with E-state index in [1.54, 1.807) is 12.0 Å². The van der Waals surface area contributed by atoms with Gasteiger partial charge in [0.25, 0.3) is 0 Å². The third-order valence-corrected chi connectivity index (χ3v) is 9.32. The SMILES string of the molecule is C[C@@]12CCC3C4CCCC5=C[C@@H](O)CC[C@]5(C)C4CC[C@@]31C2. The van der Waals surface area contributed by atoms with Gasteiger partial charge in [0.2, 0.25) is 0 Å². The van der Waals surface area contributed by atoms with Crippen LogP contribution in [0.2, 0.25) is 0 Å². The van der Waals surface area contributed by atoms with Crippen molar-refractivity contribution in [3.63, 3.8) is 0 Å². The quantitative estimate of drug-likeness (QED) is 0.618. The molecule has 7 atom stereocenters. The number of hydrogen-bond donors (Lipinski definition) is 1. The molecule has 0 saturated heterocycles. The van der Waals surface area contributed by atoms with Gasteiger partial charge in [0.1, 0.15) is 0 Å². The predicted octanol–water partition coefficient (Wildman–Crippen LogP) is 5.09. The molecule has 122 valence electrons. The van der Waals surface area contributed by atoms with E-state index in [0.717, 1.165) is 35.0 Å². The fourth-order valence-corrected chi connectivity index (χ4v) is 8.05. The Kier molecular flexibility index (Phi) is 2.69. The Labute approximate surface area is 135 Å². The first-order valence-electron chi connectivity index (χ1n) is 9.88. The lowest BCUT2D eigenvalue weighted by atomic mass is 9.53. The summed E-state index contributed by atoms with van der Waals surface area (Å²) in [6, 6.07) is 0. The molecule has 0 heterocycles. The van der Waals surface area contributed by atoms with E-state index in [4.69, 9.17) is 0 Å². The lowest BCUT2D eigenvalue weighted by Crippen LogP contribution is -2.44. The number of aliphatic hydroxyl groups excluding tert-OH is 1. The van der Waals surface area contributed by atoms with E-state index in [9.17, 15) is 5.11 Å². The van der Waals surface area contributed by atoms with Crippen molar-refractivity contribution in [2.75, 3.05) is 0 Å². The van der Waals surface area contributed by atoms with Crippen LogP contribution in [0.4, 0.5) is 0 Å². The summed E-state index contributed by atoms with van der Waals surface area (Å²) in [6.45, 7) is 5.15. The van der Waals surface area contributed by atoms with Gasteiger partial charge in [0, 0.05) is 0 Å². The zero-order chi connectivity index (χ0) is 15.2. The highest BCUT2D eigenvalue weighted by Gasteiger charge is 2.73. The smallest absolute Gasteiger partial charge is 0.0724 e. The van der Waals surface area contributed by atoms with Crippen molar-refractivity contribution in [3.05, 3.63) is 11.6 Å². The third-order valence-electron chi connectivity index (χ3n) is 9.32. The summed E-state index contributed by atoms with van der Waals surface area (Å²) >= 11 is 0. The molecule has 0 aromatic rings. The van der Waals surface area contributed by atoms with Gasteiger partial charge in [0.05, 0.1) is 6.10 Å². The van der Waals surface area contributed by atoms with E-state index in [2.05, 4.69) is 19.9 Å². The van der Waals surface area contributed by atoms with Crippen molar-refractivity contribution in [2.45, 2.75) is 84.2 Å². The molecule has 4 fully saturated rings. The molecule has 1 N–H and O–H groups in total. The maximum absolute atomic E-state index is 10.1. The maximum Gasteiger partial charge on any atom is 0.0724 e. The molecule has 0 aromatic carbocycles. The van der Waals surface area contributed by atoms with Crippen molar-refractivity contribution in [1.82, 2.24) is 0 Å². The molecule has 0 aliphatic heterocycles. The molecular weight excluding hydrogens is 268 g/mol. The highest BCUT2D eigenvalue weighted by atomic mass is 16.3. The minimum Gasteiger partial charge on any atom is -0.389 e. The molecule has 5 rings (SSSR count). The number of fused-ring (bicyclic) bond motifs is 4. The zero-order valence-corrected chi connectivity index (χ0v) is 14.4. The van der Waals surface area contributed by atoms with E-state index in [-0.39, 0.29) is 6.10 Å². The minimum atomic E-state index is -0.159. The second-order valence-electron chi connectivity index (χ2n) is 9.96. The van der Waals surface area contributed by atoms with Gasteiger partial charge in [-0.05, 0) is 98.2 Å². The molecular formula is C21H32O. The lowest BCUT2D eigenvalue weighted by molar-refractivity contribution is 0.00379. The topological polar surface area (TPSA) is 20.2 Å². The molecule has 0 radical (unpaired) electrons. The first-order chi connectivity index (χ1) is 10.5. The molecule has 5 aliphatic carbocycles. The summed E-state index contributed by atoms with van der Waals surface area (Å²) in [7, 11) is 0. The van der Waals surface area contributed by atoms with Crippen LogP contribution in [-0.4, -0.2) is 11.2 Å². The fourth-order valence-electron chi connectivity index (χ4n) is 8.05. The molecule has 1 spiro atoms. The van der Waals surface area contributed by atoms with E-state index in [0.29, 0.717) is 5.41 Å². The van der Waals surface area contributed by atoms with Crippen molar-refractivity contribution < 1.29 is 5.11 Å². The average molecular weight is 300 g/mol. The van der Waals surface area contributed by atoms with Crippen LogP contribution in [0.3, 0.4) is 0 Å². The molecule has 1 nitrogen and oxygen atoms in total. The summed E-state index contributed by atoms with van der Waals surface area (Å²) in [6.07, 6.45) is 16.0. The van der Waals surface area contributed by atoms with Crippen LogP contribution in [0.5, 0.6) is 0 Å². The Balaban J connectivity index is 1.53. The minimum absolute atomic E-state index is 0.159. The molecule has 0 bridgehead atoms. The molecule has 5 aliphatic rings. The van der Waals surface area contributed by atoms with Gasteiger partial charge >= 0.3 is 0 Å². The molecule has 0 aromatic heterocycles.